The number of rotatable bonds is 5. The van der Waals surface area contributed by atoms with Gasteiger partial charge in [0.2, 0.25) is 5.91 Å². The normalized spacial score (nSPS) is 17.2. The predicted octanol–water partition coefficient (Wildman–Crippen LogP) is 3.07. The fraction of sp³-hybridized carbons (Fsp3) is 0.368. The maximum atomic E-state index is 12.7. The summed E-state index contributed by atoms with van der Waals surface area (Å²) in [4.78, 5) is 27.7. The maximum absolute atomic E-state index is 12.7. The fourth-order valence-electron chi connectivity index (χ4n) is 3.04. The molecule has 0 unspecified atom stereocenters. The average Bonchev–Trinajstić information content (AvgIpc) is 3.20. The van der Waals surface area contributed by atoms with Crippen LogP contribution in [0.1, 0.15) is 34.5 Å². The first-order valence-electron chi connectivity index (χ1n) is 8.44. The summed E-state index contributed by atoms with van der Waals surface area (Å²) in [6, 6.07) is 10.9. The SMILES string of the molecule is COc1ccc(CNC(=O)[C@@H]2CCCCN2C(=O)c2cccs2)cc1. The number of likely N-dealkylation sites (tertiary alicyclic amines) is 1. The van der Waals surface area contributed by atoms with Crippen molar-refractivity contribution in [2.24, 2.45) is 0 Å². The molecule has 0 bridgehead atoms. The van der Waals surface area contributed by atoms with Crippen molar-refractivity contribution in [3.8, 4) is 5.75 Å². The third kappa shape index (κ3) is 4.20. The van der Waals surface area contributed by atoms with Crippen molar-refractivity contribution in [2.45, 2.75) is 31.8 Å². The van der Waals surface area contributed by atoms with Crippen LogP contribution in [0.3, 0.4) is 0 Å². The van der Waals surface area contributed by atoms with Crippen LogP contribution in [0.15, 0.2) is 41.8 Å². The Labute approximate surface area is 151 Å². The second-order valence-corrected chi connectivity index (χ2v) is 7.00. The third-order valence-corrected chi connectivity index (χ3v) is 5.28. The molecule has 25 heavy (non-hydrogen) atoms. The molecule has 2 aromatic rings. The fourth-order valence-corrected chi connectivity index (χ4v) is 3.72. The lowest BCUT2D eigenvalue weighted by atomic mass is 10.0. The molecule has 0 aliphatic carbocycles. The second kappa shape index (κ2) is 8.16. The number of carbonyl (C=O) groups excluding carboxylic acids is 2. The van der Waals surface area contributed by atoms with Gasteiger partial charge in [-0.05, 0) is 48.4 Å². The van der Waals surface area contributed by atoms with Gasteiger partial charge in [0.15, 0.2) is 0 Å². The first-order valence-corrected chi connectivity index (χ1v) is 9.32. The summed E-state index contributed by atoms with van der Waals surface area (Å²) >= 11 is 1.42. The molecule has 1 N–H and O–H groups in total. The number of nitrogens with zero attached hydrogens (tertiary/aromatic N) is 1. The summed E-state index contributed by atoms with van der Waals surface area (Å²) in [6.07, 6.45) is 2.62. The number of benzene rings is 1. The second-order valence-electron chi connectivity index (χ2n) is 6.05. The van der Waals surface area contributed by atoms with E-state index >= 15 is 0 Å². The van der Waals surface area contributed by atoms with Crippen LogP contribution in [0.2, 0.25) is 0 Å². The Bertz CT molecular complexity index is 713. The Kier molecular flexibility index (Phi) is 5.71. The van der Waals surface area contributed by atoms with Crippen molar-refractivity contribution < 1.29 is 14.3 Å². The van der Waals surface area contributed by atoms with Gasteiger partial charge in [0, 0.05) is 13.1 Å². The van der Waals surface area contributed by atoms with E-state index in [1.54, 1.807) is 12.0 Å². The number of piperidine rings is 1. The number of amides is 2. The Morgan fingerprint density at radius 2 is 2.04 bits per heavy atom. The van der Waals surface area contributed by atoms with Crippen LogP contribution in [0.5, 0.6) is 5.75 Å². The Balaban J connectivity index is 1.63. The van der Waals surface area contributed by atoms with Crippen LogP contribution >= 0.6 is 11.3 Å². The lowest BCUT2D eigenvalue weighted by Crippen LogP contribution is -2.51. The molecule has 132 valence electrons. The minimum Gasteiger partial charge on any atom is -0.497 e. The van der Waals surface area contributed by atoms with Gasteiger partial charge in [-0.3, -0.25) is 9.59 Å². The molecular formula is C19H22N2O3S. The lowest BCUT2D eigenvalue weighted by molar-refractivity contribution is -0.126. The number of hydrogen-bond donors (Lipinski definition) is 1. The number of nitrogens with one attached hydrogen (secondary N) is 1. The number of thiophene rings is 1. The van der Waals surface area contributed by atoms with Crippen molar-refractivity contribution in [1.82, 2.24) is 10.2 Å². The smallest absolute Gasteiger partial charge is 0.264 e. The highest BCUT2D eigenvalue weighted by Gasteiger charge is 2.32. The molecule has 2 amide bonds. The van der Waals surface area contributed by atoms with Crippen LogP contribution < -0.4 is 10.1 Å². The van der Waals surface area contributed by atoms with E-state index in [9.17, 15) is 9.59 Å². The molecule has 1 aliphatic heterocycles. The molecule has 1 aromatic carbocycles. The van der Waals surface area contributed by atoms with E-state index in [-0.39, 0.29) is 17.9 Å². The predicted molar refractivity (Wildman–Crippen MR) is 97.8 cm³/mol. The van der Waals surface area contributed by atoms with E-state index in [1.165, 1.54) is 11.3 Å². The van der Waals surface area contributed by atoms with Crippen LogP contribution in [-0.2, 0) is 11.3 Å². The largest absolute Gasteiger partial charge is 0.497 e. The Morgan fingerprint density at radius 3 is 2.72 bits per heavy atom. The van der Waals surface area contributed by atoms with Gasteiger partial charge in [0.05, 0.1) is 12.0 Å². The Morgan fingerprint density at radius 1 is 1.24 bits per heavy atom. The quantitative estimate of drug-likeness (QED) is 0.894. The molecule has 0 radical (unpaired) electrons. The van der Waals surface area contributed by atoms with Crippen LogP contribution in [-0.4, -0.2) is 36.4 Å². The molecule has 1 fully saturated rings. The molecule has 1 aromatic heterocycles. The summed E-state index contributed by atoms with van der Waals surface area (Å²) in [5, 5.41) is 4.85. The van der Waals surface area contributed by atoms with Crippen LogP contribution in [0, 0.1) is 0 Å². The molecular weight excluding hydrogens is 336 g/mol. The number of methoxy groups -OCH3 is 1. The minimum atomic E-state index is -0.387. The molecule has 0 spiro atoms. The standard InChI is InChI=1S/C19H22N2O3S/c1-24-15-9-7-14(8-10-15)13-20-18(22)16-5-2-3-11-21(16)19(23)17-6-4-12-25-17/h4,6-10,12,16H,2-3,5,11,13H2,1H3,(H,20,22)/t16-/m0/s1. The minimum absolute atomic E-state index is 0.0423. The van der Waals surface area contributed by atoms with Gasteiger partial charge in [0.1, 0.15) is 11.8 Å². The molecule has 3 rings (SSSR count). The number of carbonyl (C=O) groups is 2. The van der Waals surface area contributed by atoms with Gasteiger partial charge in [-0.2, -0.15) is 0 Å². The zero-order valence-electron chi connectivity index (χ0n) is 14.2. The molecule has 6 heteroatoms. The van der Waals surface area contributed by atoms with Gasteiger partial charge in [-0.25, -0.2) is 0 Å². The zero-order valence-corrected chi connectivity index (χ0v) is 15.1. The highest BCUT2D eigenvalue weighted by molar-refractivity contribution is 7.12. The van der Waals surface area contributed by atoms with Crippen molar-refractivity contribution in [2.75, 3.05) is 13.7 Å². The summed E-state index contributed by atoms with van der Waals surface area (Å²) in [5.41, 5.74) is 1.00. The van der Waals surface area contributed by atoms with Crippen LogP contribution in [0.25, 0.3) is 0 Å². The van der Waals surface area contributed by atoms with E-state index in [2.05, 4.69) is 5.32 Å². The van der Waals surface area contributed by atoms with Gasteiger partial charge in [0.25, 0.3) is 5.91 Å². The van der Waals surface area contributed by atoms with E-state index in [0.29, 0.717) is 24.4 Å². The number of ether oxygens (including phenoxy) is 1. The van der Waals surface area contributed by atoms with Crippen molar-refractivity contribution in [3.05, 3.63) is 52.2 Å². The molecule has 0 saturated carbocycles. The van der Waals surface area contributed by atoms with E-state index < -0.39 is 0 Å². The first kappa shape index (κ1) is 17.5. The monoisotopic (exact) mass is 358 g/mol. The third-order valence-electron chi connectivity index (χ3n) is 4.42. The molecule has 1 atom stereocenters. The van der Waals surface area contributed by atoms with Crippen molar-refractivity contribution in [3.63, 3.8) is 0 Å². The topological polar surface area (TPSA) is 58.6 Å². The molecule has 1 saturated heterocycles. The van der Waals surface area contributed by atoms with Gasteiger partial charge >= 0.3 is 0 Å². The summed E-state index contributed by atoms with van der Waals surface area (Å²) in [5.74, 6) is 0.662. The van der Waals surface area contributed by atoms with E-state index in [4.69, 9.17) is 4.74 Å². The van der Waals surface area contributed by atoms with Gasteiger partial charge < -0.3 is 15.0 Å². The highest BCUT2D eigenvalue weighted by Crippen LogP contribution is 2.22. The van der Waals surface area contributed by atoms with Gasteiger partial charge in [-0.15, -0.1) is 11.3 Å². The first-order chi connectivity index (χ1) is 12.2. The Hall–Kier alpha value is -2.34. The van der Waals surface area contributed by atoms with Gasteiger partial charge in [-0.1, -0.05) is 18.2 Å². The summed E-state index contributed by atoms with van der Waals surface area (Å²) in [7, 11) is 1.62. The van der Waals surface area contributed by atoms with Crippen molar-refractivity contribution in [1.29, 1.82) is 0 Å². The molecule has 2 heterocycles. The maximum Gasteiger partial charge on any atom is 0.264 e. The average molecular weight is 358 g/mol. The zero-order chi connectivity index (χ0) is 17.6. The van der Waals surface area contributed by atoms with E-state index in [1.807, 2.05) is 41.8 Å². The van der Waals surface area contributed by atoms with E-state index in [0.717, 1.165) is 24.2 Å². The highest BCUT2D eigenvalue weighted by atomic mass is 32.1. The molecule has 1 aliphatic rings. The van der Waals surface area contributed by atoms with Crippen LogP contribution in [0.4, 0.5) is 0 Å². The molecule has 5 nitrogen and oxygen atoms in total. The number of hydrogen-bond acceptors (Lipinski definition) is 4. The lowest BCUT2D eigenvalue weighted by Gasteiger charge is -2.34. The van der Waals surface area contributed by atoms with Crippen molar-refractivity contribution >= 4 is 23.2 Å². The summed E-state index contributed by atoms with van der Waals surface area (Å²) in [6.45, 7) is 1.08. The summed E-state index contributed by atoms with van der Waals surface area (Å²) < 4.78 is 5.14.